The minimum atomic E-state index is -0.872. The molecule has 0 radical (unpaired) electrons. The van der Waals surface area contributed by atoms with Crippen LogP contribution >= 0.6 is 0 Å². The first kappa shape index (κ1) is 13.3. The number of carbonyl (C=O) groups excluding carboxylic acids is 1. The van der Waals surface area contributed by atoms with Crippen LogP contribution in [0, 0.1) is 11.8 Å². The molecule has 5 nitrogen and oxygen atoms in total. The van der Waals surface area contributed by atoms with Gasteiger partial charge < -0.3 is 14.7 Å². The molecule has 18 heavy (non-hydrogen) atoms. The molecule has 2 rings (SSSR count). The Morgan fingerprint density at radius 3 is 2.78 bits per heavy atom. The summed E-state index contributed by atoms with van der Waals surface area (Å²) in [5, 5.41) is 8.89. The molecule has 0 spiro atoms. The van der Waals surface area contributed by atoms with Gasteiger partial charge in [0.1, 0.15) is 0 Å². The predicted octanol–water partition coefficient (Wildman–Crippen LogP) is 1.12. The Labute approximate surface area is 107 Å². The van der Waals surface area contributed by atoms with E-state index in [1.807, 2.05) is 0 Å². The Hall–Kier alpha value is -1.10. The average molecular weight is 255 g/mol. The zero-order valence-electron chi connectivity index (χ0n) is 10.8. The number of amides is 1. The molecule has 1 aliphatic carbocycles. The van der Waals surface area contributed by atoms with Crippen molar-refractivity contribution in [2.45, 2.75) is 38.6 Å². The highest BCUT2D eigenvalue weighted by atomic mass is 16.5. The second kappa shape index (κ2) is 5.69. The van der Waals surface area contributed by atoms with Gasteiger partial charge in [-0.05, 0) is 18.8 Å². The highest BCUT2D eigenvalue weighted by Gasteiger charge is 2.37. The minimum Gasteiger partial charge on any atom is -0.481 e. The zero-order chi connectivity index (χ0) is 13.1. The predicted molar refractivity (Wildman–Crippen MR) is 65.1 cm³/mol. The van der Waals surface area contributed by atoms with Crippen molar-refractivity contribution in [3.8, 4) is 0 Å². The van der Waals surface area contributed by atoms with Crippen LogP contribution in [0.2, 0.25) is 0 Å². The van der Waals surface area contributed by atoms with E-state index in [1.54, 1.807) is 4.90 Å². The largest absolute Gasteiger partial charge is 0.481 e. The van der Waals surface area contributed by atoms with Crippen LogP contribution in [-0.4, -0.2) is 47.7 Å². The van der Waals surface area contributed by atoms with E-state index in [-0.39, 0.29) is 24.3 Å². The SMILES string of the molecule is CC1CCCC1C(=O)N1CCOCC1CC(=O)O. The van der Waals surface area contributed by atoms with Crippen LogP contribution in [-0.2, 0) is 14.3 Å². The molecule has 1 aliphatic heterocycles. The first-order valence-electron chi connectivity index (χ1n) is 6.69. The number of morpholine rings is 1. The molecule has 0 aromatic rings. The molecular weight excluding hydrogens is 234 g/mol. The Kier molecular flexibility index (Phi) is 4.22. The van der Waals surface area contributed by atoms with Crippen molar-refractivity contribution in [3.63, 3.8) is 0 Å². The summed E-state index contributed by atoms with van der Waals surface area (Å²) < 4.78 is 5.30. The first-order chi connectivity index (χ1) is 8.59. The minimum absolute atomic E-state index is 0.0210. The topological polar surface area (TPSA) is 66.8 Å². The molecule has 0 aromatic carbocycles. The maximum Gasteiger partial charge on any atom is 0.305 e. The molecule has 2 aliphatic rings. The summed E-state index contributed by atoms with van der Waals surface area (Å²) in [7, 11) is 0. The lowest BCUT2D eigenvalue weighted by atomic mass is 9.95. The summed E-state index contributed by atoms with van der Waals surface area (Å²) in [5.41, 5.74) is 0. The van der Waals surface area contributed by atoms with Gasteiger partial charge in [-0.3, -0.25) is 9.59 Å². The molecule has 1 saturated carbocycles. The third-order valence-electron chi connectivity index (χ3n) is 4.10. The van der Waals surface area contributed by atoms with Crippen LogP contribution in [0.3, 0.4) is 0 Å². The summed E-state index contributed by atoms with van der Waals surface area (Å²) in [6.45, 7) is 3.50. The molecule has 0 aromatic heterocycles. The summed E-state index contributed by atoms with van der Waals surface area (Å²) in [6, 6.07) is -0.295. The highest BCUT2D eigenvalue weighted by Crippen LogP contribution is 2.33. The van der Waals surface area contributed by atoms with E-state index in [4.69, 9.17) is 9.84 Å². The maximum absolute atomic E-state index is 12.5. The van der Waals surface area contributed by atoms with Gasteiger partial charge in [0.2, 0.25) is 5.91 Å². The molecule has 5 heteroatoms. The standard InChI is InChI=1S/C13H21NO4/c1-9-3-2-4-11(9)13(17)14-5-6-18-8-10(14)7-12(15)16/h9-11H,2-8H2,1H3,(H,15,16). The molecular formula is C13H21NO4. The van der Waals surface area contributed by atoms with Crippen molar-refractivity contribution in [1.82, 2.24) is 4.90 Å². The van der Waals surface area contributed by atoms with Gasteiger partial charge in [-0.2, -0.15) is 0 Å². The first-order valence-corrected chi connectivity index (χ1v) is 6.69. The lowest BCUT2D eigenvalue weighted by Gasteiger charge is -2.37. The van der Waals surface area contributed by atoms with Gasteiger partial charge in [-0.25, -0.2) is 0 Å². The number of hydrogen-bond acceptors (Lipinski definition) is 3. The highest BCUT2D eigenvalue weighted by molar-refractivity contribution is 5.80. The summed E-state index contributed by atoms with van der Waals surface area (Å²) in [4.78, 5) is 25.0. The molecule has 2 fully saturated rings. The quantitative estimate of drug-likeness (QED) is 0.820. The summed E-state index contributed by atoms with van der Waals surface area (Å²) in [5.74, 6) is -0.234. The average Bonchev–Trinajstić information content (AvgIpc) is 2.74. The second-order valence-electron chi connectivity index (χ2n) is 5.37. The summed E-state index contributed by atoms with van der Waals surface area (Å²) >= 11 is 0. The number of nitrogens with zero attached hydrogens (tertiary/aromatic N) is 1. The lowest BCUT2D eigenvalue weighted by Crippen LogP contribution is -2.51. The van der Waals surface area contributed by atoms with Gasteiger partial charge >= 0.3 is 5.97 Å². The normalized spacial score (nSPS) is 32.5. The van der Waals surface area contributed by atoms with E-state index >= 15 is 0 Å². The van der Waals surface area contributed by atoms with Crippen LogP contribution in [0.4, 0.5) is 0 Å². The molecule has 1 amide bonds. The van der Waals surface area contributed by atoms with Gasteiger partial charge in [-0.1, -0.05) is 13.3 Å². The Balaban J connectivity index is 2.03. The van der Waals surface area contributed by atoms with Gasteiger partial charge in [0, 0.05) is 12.5 Å². The molecule has 1 saturated heterocycles. The Morgan fingerprint density at radius 2 is 2.17 bits per heavy atom. The Bertz CT molecular complexity index is 331. The number of rotatable bonds is 3. The van der Waals surface area contributed by atoms with Gasteiger partial charge in [-0.15, -0.1) is 0 Å². The van der Waals surface area contributed by atoms with E-state index in [1.165, 1.54) is 0 Å². The monoisotopic (exact) mass is 255 g/mol. The van der Waals surface area contributed by atoms with Crippen LogP contribution in [0.5, 0.6) is 0 Å². The molecule has 3 atom stereocenters. The van der Waals surface area contributed by atoms with E-state index in [2.05, 4.69) is 6.92 Å². The fourth-order valence-corrected chi connectivity index (χ4v) is 3.04. The van der Waals surface area contributed by atoms with Crippen LogP contribution < -0.4 is 0 Å². The fourth-order valence-electron chi connectivity index (χ4n) is 3.04. The number of hydrogen-bond donors (Lipinski definition) is 1. The van der Waals surface area contributed by atoms with Crippen molar-refractivity contribution < 1.29 is 19.4 Å². The van der Waals surface area contributed by atoms with Gasteiger partial charge in [0.25, 0.3) is 0 Å². The van der Waals surface area contributed by atoms with Crippen LogP contribution in [0.15, 0.2) is 0 Å². The smallest absolute Gasteiger partial charge is 0.305 e. The van der Waals surface area contributed by atoms with E-state index < -0.39 is 5.97 Å². The number of carboxylic acid groups (broad SMARTS) is 1. The lowest BCUT2D eigenvalue weighted by molar-refractivity contribution is -0.149. The molecule has 3 unspecified atom stereocenters. The molecule has 1 N–H and O–H groups in total. The van der Waals surface area contributed by atoms with Gasteiger partial charge in [0.15, 0.2) is 0 Å². The number of carboxylic acids is 1. The van der Waals surface area contributed by atoms with Gasteiger partial charge in [0.05, 0.1) is 25.7 Å². The number of aliphatic carboxylic acids is 1. The van der Waals surface area contributed by atoms with E-state index in [9.17, 15) is 9.59 Å². The molecule has 0 bridgehead atoms. The third kappa shape index (κ3) is 2.83. The van der Waals surface area contributed by atoms with Crippen LogP contribution in [0.25, 0.3) is 0 Å². The van der Waals surface area contributed by atoms with Crippen molar-refractivity contribution in [1.29, 1.82) is 0 Å². The van der Waals surface area contributed by atoms with E-state index in [0.29, 0.717) is 25.7 Å². The van der Waals surface area contributed by atoms with Crippen LogP contribution in [0.1, 0.15) is 32.6 Å². The molecule has 102 valence electrons. The van der Waals surface area contributed by atoms with Crippen molar-refractivity contribution in [2.24, 2.45) is 11.8 Å². The third-order valence-corrected chi connectivity index (χ3v) is 4.10. The maximum atomic E-state index is 12.5. The van der Waals surface area contributed by atoms with Crippen molar-refractivity contribution >= 4 is 11.9 Å². The molecule has 1 heterocycles. The fraction of sp³-hybridized carbons (Fsp3) is 0.846. The summed E-state index contributed by atoms with van der Waals surface area (Å²) in [6.07, 6.45) is 3.12. The van der Waals surface area contributed by atoms with E-state index in [0.717, 1.165) is 19.3 Å². The second-order valence-corrected chi connectivity index (χ2v) is 5.37. The van der Waals surface area contributed by atoms with Crippen molar-refractivity contribution in [2.75, 3.05) is 19.8 Å². The number of ether oxygens (including phenoxy) is 1. The van der Waals surface area contributed by atoms with Crippen molar-refractivity contribution in [3.05, 3.63) is 0 Å². The number of carbonyl (C=O) groups is 2. The zero-order valence-corrected chi connectivity index (χ0v) is 10.8. The Morgan fingerprint density at radius 1 is 1.39 bits per heavy atom.